The number of hydrogen-bond acceptors (Lipinski definition) is 7. The van der Waals surface area contributed by atoms with Gasteiger partial charge in [-0.1, -0.05) is 30.3 Å². The molecule has 0 aliphatic carbocycles. The maximum atomic E-state index is 12.5. The van der Waals surface area contributed by atoms with E-state index < -0.39 is 53.8 Å². The van der Waals surface area contributed by atoms with E-state index in [9.17, 15) is 29.1 Å². The molecular formula is C20H29N5O6S. The van der Waals surface area contributed by atoms with Crippen molar-refractivity contribution in [2.45, 2.75) is 50.4 Å². The molecule has 32 heavy (non-hydrogen) atoms. The molecule has 0 spiro atoms. The van der Waals surface area contributed by atoms with Crippen LogP contribution in [-0.2, 0) is 30.4 Å². The standard InChI is InChI=1S/C20H29N5O6S/c1-11(23-18(28)13(21)7-8-16(22)26)17(27)25-15(10-32)19(29)24-14(20(30)31)9-12-5-3-2-4-6-12/h2-6,11,13-15,32H,7-10,21H2,1H3,(H2,22,26)(H,23,28)(H,24,29)(H,25,27)(H,30,31). The molecule has 4 atom stereocenters. The average Bonchev–Trinajstić information content (AvgIpc) is 2.75. The molecule has 1 rings (SSSR count). The number of carbonyl (C=O) groups excluding carboxylic acids is 4. The minimum Gasteiger partial charge on any atom is -0.480 e. The van der Waals surface area contributed by atoms with Crippen LogP contribution >= 0.6 is 12.6 Å². The molecule has 0 saturated carbocycles. The number of nitrogens with two attached hydrogens (primary N) is 2. The second-order valence-corrected chi connectivity index (χ2v) is 7.54. The number of thiol groups is 1. The minimum absolute atomic E-state index is 0.0230. The van der Waals surface area contributed by atoms with Gasteiger partial charge in [0.2, 0.25) is 23.6 Å². The van der Waals surface area contributed by atoms with Gasteiger partial charge in [0.05, 0.1) is 6.04 Å². The summed E-state index contributed by atoms with van der Waals surface area (Å²) >= 11 is 4.05. The quantitative estimate of drug-likeness (QED) is 0.168. The Balaban J connectivity index is 2.66. The maximum Gasteiger partial charge on any atom is 0.326 e. The van der Waals surface area contributed by atoms with Crippen molar-refractivity contribution in [2.24, 2.45) is 11.5 Å². The number of hydrogen-bond donors (Lipinski definition) is 7. The molecule has 8 N–H and O–H groups in total. The van der Waals surface area contributed by atoms with Gasteiger partial charge in [-0.25, -0.2) is 4.79 Å². The second-order valence-electron chi connectivity index (χ2n) is 7.17. The molecule has 4 amide bonds. The zero-order valence-electron chi connectivity index (χ0n) is 17.6. The van der Waals surface area contributed by atoms with E-state index in [0.29, 0.717) is 0 Å². The average molecular weight is 468 g/mol. The summed E-state index contributed by atoms with van der Waals surface area (Å²) in [7, 11) is 0. The molecule has 0 aliphatic heterocycles. The number of aliphatic carboxylic acids is 1. The van der Waals surface area contributed by atoms with Crippen LogP contribution in [0.1, 0.15) is 25.3 Å². The Hall–Kier alpha value is -3.12. The maximum absolute atomic E-state index is 12.5. The number of carboxylic acids is 1. The molecule has 0 aromatic heterocycles. The monoisotopic (exact) mass is 467 g/mol. The summed E-state index contributed by atoms with van der Waals surface area (Å²) in [6, 6.07) is 4.35. The molecule has 4 unspecified atom stereocenters. The van der Waals surface area contributed by atoms with Crippen LogP contribution in [0, 0.1) is 0 Å². The third-order valence-corrected chi connectivity index (χ3v) is 4.87. The van der Waals surface area contributed by atoms with Crippen LogP contribution in [0.4, 0.5) is 0 Å². The Morgan fingerprint density at radius 2 is 1.56 bits per heavy atom. The summed E-state index contributed by atoms with van der Waals surface area (Å²) in [6.45, 7) is 1.39. The topological polar surface area (TPSA) is 194 Å². The number of carboxylic acid groups (broad SMARTS) is 1. The third-order valence-electron chi connectivity index (χ3n) is 4.50. The second kappa shape index (κ2) is 13.3. The summed E-state index contributed by atoms with van der Waals surface area (Å²) < 4.78 is 0. The van der Waals surface area contributed by atoms with Gasteiger partial charge in [-0.2, -0.15) is 12.6 Å². The number of primary amides is 1. The molecule has 176 valence electrons. The van der Waals surface area contributed by atoms with Crippen LogP contribution < -0.4 is 27.4 Å². The fraction of sp³-hybridized carbons (Fsp3) is 0.450. The summed E-state index contributed by atoms with van der Waals surface area (Å²) in [5.74, 6) is -4.01. The number of benzene rings is 1. The molecule has 0 saturated heterocycles. The van der Waals surface area contributed by atoms with Crippen molar-refractivity contribution >= 4 is 42.2 Å². The Bertz CT molecular complexity index is 822. The van der Waals surface area contributed by atoms with Crippen molar-refractivity contribution in [3.05, 3.63) is 35.9 Å². The smallest absolute Gasteiger partial charge is 0.326 e. The molecule has 0 fully saturated rings. The Kier molecular flexibility index (Phi) is 11.2. The SMILES string of the molecule is CC(NC(=O)C(N)CCC(N)=O)C(=O)NC(CS)C(=O)NC(Cc1ccccc1)C(=O)O. The highest BCUT2D eigenvalue weighted by atomic mass is 32.1. The van der Waals surface area contributed by atoms with E-state index in [-0.39, 0.29) is 25.0 Å². The number of amides is 4. The predicted molar refractivity (Wildman–Crippen MR) is 120 cm³/mol. The molecule has 12 heteroatoms. The van der Waals surface area contributed by atoms with Gasteiger partial charge in [-0.15, -0.1) is 0 Å². The van der Waals surface area contributed by atoms with Gasteiger partial charge in [-0.05, 0) is 18.9 Å². The van der Waals surface area contributed by atoms with Gasteiger partial charge >= 0.3 is 5.97 Å². The highest BCUT2D eigenvalue weighted by molar-refractivity contribution is 7.80. The van der Waals surface area contributed by atoms with Crippen molar-refractivity contribution < 1.29 is 29.1 Å². The normalized spacial score (nSPS) is 14.3. The van der Waals surface area contributed by atoms with Gasteiger partial charge in [0.1, 0.15) is 18.1 Å². The molecule has 0 radical (unpaired) electrons. The fourth-order valence-electron chi connectivity index (χ4n) is 2.63. The number of carbonyl (C=O) groups is 5. The van der Waals surface area contributed by atoms with Crippen molar-refractivity contribution in [3.8, 4) is 0 Å². The van der Waals surface area contributed by atoms with Crippen LogP contribution in [0.3, 0.4) is 0 Å². The highest BCUT2D eigenvalue weighted by Gasteiger charge is 2.28. The van der Waals surface area contributed by atoms with E-state index in [1.807, 2.05) is 0 Å². The molecule has 11 nitrogen and oxygen atoms in total. The summed E-state index contributed by atoms with van der Waals surface area (Å²) in [5, 5.41) is 16.6. The van der Waals surface area contributed by atoms with E-state index in [1.54, 1.807) is 30.3 Å². The lowest BCUT2D eigenvalue weighted by molar-refractivity contribution is -0.142. The Labute approximate surface area is 191 Å². The first-order valence-electron chi connectivity index (χ1n) is 9.87. The van der Waals surface area contributed by atoms with Crippen LogP contribution in [-0.4, -0.2) is 64.6 Å². The van der Waals surface area contributed by atoms with E-state index in [4.69, 9.17) is 11.5 Å². The van der Waals surface area contributed by atoms with Crippen LogP contribution in [0.5, 0.6) is 0 Å². The fourth-order valence-corrected chi connectivity index (χ4v) is 2.88. The first-order valence-corrected chi connectivity index (χ1v) is 10.5. The van der Waals surface area contributed by atoms with Crippen molar-refractivity contribution in [2.75, 3.05) is 5.75 Å². The van der Waals surface area contributed by atoms with Crippen LogP contribution in [0.2, 0.25) is 0 Å². The van der Waals surface area contributed by atoms with Gasteiger partial charge in [-0.3, -0.25) is 19.2 Å². The largest absolute Gasteiger partial charge is 0.480 e. The third kappa shape index (κ3) is 9.35. The predicted octanol–water partition coefficient (Wildman–Crippen LogP) is -1.69. The van der Waals surface area contributed by atoms with E-state index in [0.717, 1.165) is 5.56 Å². The van der Waals surface area contributed by atoms with Crippen molar-refractivity contribution in [1.82, 2.24) is 16.0 Å². The van der Waals surface area contributed by atoms with E-state index in [1.165, 1.54) is 6.92 Å². The number of rotatable bonds is 13. The zero-order chi connectivity index (χ0) is 24.3. The minimum atomic E-state index is -1.22. The van der Waals surface area contributed by atoms with Gasteiger partial charge < -0.3 is 32.5 Å². The lowest BCUT2D eigenvalue weighted by Crippen LogP contribution is -2.57. The first-order chi connectivity index (χ1) is 15.0. The van der Waals surface area contributed by atoms with Crippen molar-refractivity contribution in [1.29, 1.82) is 0 Å². The lowest BCUT2D eigenvalue weighted by Gasteiger charge is -2.22. The summed E-state index contributed by atoms with van der Waals surface area (Å²) in [6.07, 6.45) is 0.00472. The molecular weight excluding hydrogens is 438 g/mol. The molecule has 0 bridgehead atoms. The van der Waals surface area contributed by atoms with E-state index >= 15 is 0 Å². The summed E-state index contributed by atoms with van der Waals surface area (Å²) in [5.41, 5.74) is 11.4. The van der Waals surface area contributed by atoms with Gasteiger partial charge in [0.15, 0.2) is 0 Å². The van der Waals surface area contributed by atoms with Crippen LogP contribution in [0.15, 0.2) is 30.3 Å². The highest BCUT2D eigenvalue weighted by Crippen LogP contribution is 2.04. The Morgan fingerprint density at radius 3 is 2.09 bits per heavy atom. The van der Waals surface area contributed by atoms with E-state index in [2.05, 4.69) is 28.6 Å². The van der Waals surface area contributed by atoms with Crippen molar-refractivity contribution in [3.63, 3.8) is 0 Å². The molecule has 1 aromatic carbocycles. The zero-order valence-corrected chi connectivity index (χ0v) is 18.5. The molecule has 1 aromatic rings. The summed E-state index contributed by atoms with van der Waals surface area (Å²) in [4.78, 5) is 59.3. The number of nitrogens with one attached hydrogen (secondary N) is 3. The lowest BCUT2D eigenvalue weighted by atomic mass is 10.1. The molecule has 0 aliphatic rings. The van der Waals surface area contributed by atoms with Gasteiger partial charge in [0, 0.05) is 18.6 Å². The van der Waals surface area contributed by atoms with Gasteiger partial charge in [0.25, 0.3) is 0 Å². The Morgan fingerprint density at radius 1 is 0.969 bits per heavy atom. The van der Waals surface area contributed by atoms with Crippen LogP contribution in [0.25, 0.3) is 0 Å². The first kappa shape index (κ1) is 26.9. The molecule has 0 heterocycles.